The lowest BCUT2D eigenvalue weighted by Gasteiger charge is -2.22. The van der Waals surface area contributed by atoms with Crippen molar-refractivity contribution in [2.24, 2.45) is 0 Å². The van der Waals surface area contributed by atoms with E-state index in [0.717, 1.165) is 4.31 Å². The van der Waals surface area contributed by atoms with E-state index in [4.69, 9.17) is 16.7 Å². The smallest absolute Gasteiger partial charge is 0.322 e. The number of carboxylic acids is 1. The van der Waals surface area contributed by atoms with Crippen molar-refractivity contribution in [1.82, 2.24) is 4.31 Å². The van der Waals surface area contributed by atoms with E-state index in [1.54, 1.807) is 19.1 Å². The maximum atomic E-state index is 12.6. The number of halogens is 1. The highest BCUT2D eigenvalue weighted by Crippen LogP contribution is 2.32. The largest absolute Gasteiger partial charge is 0.480 e. The van der Waals surface area contributed by atoms with Crippen molar-refractivity contribution >= 4 is 27.6 Å². The van der Waals surface area contributed by atoms with Crippen LogP contribution in [0.15, 0.2) is 23.1 Å². The molecule has 0 saturated carbocycles. The van der Waals surface area contributed by atoms with Gasteiger partial charge in [-0.25, -0.2) is 8.42 Å². The number of carbonyl (C=O) groups is 1. The van der Waals surface area contributed by atoms with E-state index < -0.39 is 22.0 Å². The first-order valence-corrected chi connectivity index (χ1v) is 7.67. The molecule has 19 heavy (non-hydrogen) atoms. The molecule has 1 aromatic carbocycles. The van der Waals surface area contributed by atoms with Crippen molar-refractivity contribution < 1.29 is 18.3 Å². The molecule has 104 valence electrons. The summed E-state index contributed by atoms with van der Waals surface area (Å²) in [4.78, 5) is 11.1. The quantitative estimate of drug-likeness (QED) is 0.925. The molecule has 0 aliphatic carbocycles. The number of nitrogens with zero attached hydrogens (tertiary/aromatic N) is 1. The Balaban J connectivity index is 2.51. The van der Waals surface area contributed by atoms with E-state index in [0.29, 0.717) is 18.4 Å². The molecule has 0 radical (unpaired) electrons. The first kappa shape index (κ1) is 14.3. The Kier molecular flexibility index (Phi) is 3.85. The van der Waals surface area contributed by atoms with E-state index in [2.05, 4.69) is 0 Å². The predicted octanol–water partition coefficient (Wildman–Crippen LogP) is 1.89. The second-order valence-corrected chi connectivity index (χ2v) is 6.73. The number of aliphatic carboxylic acids is 1. The van der Waals surface area contributed by atoms with Crippen LogP contribution < -0.4 is 0 Å². The molecule has 0 amide bonds. The maximum Gasteiger partial charge on any atom is 0.322 e. The molecular formula is C12H14ClNO4S. The molecule has 0 unspecified atom stereocenters. The van der Waals surface area contributed by atoms with Gasteiger partial charge < -0.3 is 5.11 Å². The molecule has 1 saturated heterocycles. The molecule has 0 aromatic heterocycles. The third-order valence-corrected chi connectivity index (χ3v) is 5.76. The number of rotatable bonds is 3. The number of sulfonamides is 1. The molecule has 1 N–H and O–H groups in total. The van der Waals surface area contributed by atoms with Crippen molar-refractivity contribution in [1.29, 1.82) is 0 Å². The van der Waals surface area contributed by atoms with Crippen molar-refractivity contribution in [3.8, 4) is 0 Å². The summed E-state index contributed by atoms with van der Waals surface area (Å²) in [6.07, 6.45) is 0.873. The first-order chi connectivity index (χ1) is 8.85. The Labute approximate surface area is 116 Å². The lowest BCUT2D eigenvalue weighted by Crippen LogP contribution is -2.40. The Bertz CT molecular complexity index is 594. The van der Waals surface area contributed by atoms with Crippen LogP contribution in [0.2, 0.25) is 5.02 Å². The Hall–Kier alpha value is -1.11. The van der Waals surface area contributed by atoms with Crippen LogP contribution in [0.1, 0.15) is 18.4 Å². The highest BCUT2D eigenvalue weighted by atomic mass is 35.5. The van der Waals surface area contributed by atoms with Gasteiger partial charge in [0.15, 0.2) is 0 Å². The normalized spacial score (nSPS) is 20.6. The summed E-state index contributed by atoms with van der Waals surface area (Å²) in [6.45, 7) is 1.86. The van der Waals surface area contributed by atoms with E-state index in [9.17, 15) is 13.2 Å². The Morgan fingerprint density at radius 3 is 2.74 bits per heavy atom. The number of aryl methyl sites for hydroxylation is 1. The average molecular weight is 304 g/mol. The van der Waals surface area contributed by atoms with Crippen LogP contribution in [0.3, 0.4) is 0 Å². The fourth-order valence-corrected chi connectivity index (χ4v) is 4.77. The van der Waals surface area contributed by atoms with E-state index in [1.807, 2.05) is 0 Å². The molecule has 5 nitrogen and oxygen atoms in total. The zero-order chi connectivity index (χ0) is 14.2. The van der Waals surface area contributed by atoms with Gasteiger partial charge in [0.2, 0.25) is 10.0 Å². The van der Waals surface area contributed by atoms with Crippen LogP contribution >= 0.6 is 11.6 Å². The summed E-state index contributed by atoms with van der Waals surface area (Å²) < 4.78 is 26.2. The molecule has 2 rings (SSSR count). The monoisotopic (exact) mass is 303 g/mol. The Morgan fingerprint density at radius 1 is 1.47 bits per heavy atom. The van der Waals surface area contributed by atoms with Crippen LogP contribution in [-0.2, 0) is 14.8 Å². The summed E-state index contributed by atoms with van der Waals surface area (Å²) in [5.74, 6) is -1.12. The standard InChI is InChI=1S/C12H14ClNO4S/c1-8-4-2-5-9(13)11(8)19(17,18)14-7-3-6-10(14)12(15)16/h2,4-5,10H,3,6-7H2,1H3,(H,15,16)/t10-/m0/s1. The lowest BCUT2D eigenvalue weighted by molar-refractivity contribution is -0.140. The fraction of sp³-hybridized carbons (Fsp3) is 0.417. The number of hydrogen-bond acceptors (Lipinski definition) is 3. The summed E-state index contributed by atoms with van der Waals surface area (Å²) in [7, 11) is -3.87. The molecule has 0 bridgehead atoms. The number of benzene rings is 1. The highest BCUT2D eigenvalue weighted by molar-refractivity contribution is 7.89. The van der Waals surface area contributed by atoms with Gasteiger partial charge in [0, 0.05) is 6.54 Å². The highest BCUT2D eigenvalue weighted by Gasteiger charge is 2.40. The minimum absolute atomic E-state index is 0.00446. The third kappa shape index (κ3) is 2.48. The molecule has 1 atom stereocenters. The zero-order valence-electron chi connectivity index (χ0n) is 10.3. The van der Waals surface area contributed by atoms with Gasteiger partial charge in [-0.3, -0.25) is 4.79 Å². The van der Waals surface area contributed by atoms with Crippen molar-refractivity contribution in [3.63, 3.8) is 0 Å². The Morgan fingerprint density at radius 2 is 2.16 bits per heavy atom. The second kappa shape index (κ2) is 5.11. The van der Waals surface area contributed by atoms with Crippen LogP contribution in [0, 0.1) is 6.92 Å². The summed E-state index contributed by atoms with van der Waals surface area (Å²) in [5, 5.41) is 9.21. The lowest BCUT2D eigenvalue weighted by atomic mass is 10.2. The van der Waals surface area contributed by atoms with Crippen molar-refractivity contribution in [3.05, 3.63) is 28.8 Å². The molecular weight excluding hydrogens is 290 g/mol. The number of hydrogen-bond donors (Lipinski definition) is 1. The van der Waals surface area contributed by atoms with Gasteiger partial charge in [-0.15, -0.1) is 0 Å². The third-order valence-electron chi connectivity index (χ3n) is 3.22. The molecule has 7 heteroatoms. The minimum Gasteiger partial charge on any atom is -0.480 e. The van der Waals surface area contributed by atoms with Gasteiger partial charge in [-0.2, -0.15) is 4.31 Å². The SMILES string of the molecule is Cc1cccc(Cl)c1S(=O)(=O)N1CCC[C@H]1C(=O)O. The summed E-state index contributed by atoms with van der Waals surface area (Å²) in [5.41, 5.74) is 0.517. The molecule has 1 aliphatic heterocycles. The van der Waals surface area contributed by atoms with E-state index >= 15 is 0 Å². The van der Waals surface area contributed by atoms with Gasteiger partial charge in [0.25, 0.3) is 0 Å². The van der Waals surface area contributed by atoms with E-state index in [1.165, 1.54) is 6.07 Å². The molecule has 1 heterocycles. The van der Waals surface area contributed by atoms with Gasteiger partial charge in [-0.05, 0) is 31.4 Å². The molecule has 1 fully saturated rings. The topological polar surface area (TPSA) is 74.7 Å². The molecule has 1 aromatic rings. The zero-order valence-corrected chi connectivity index (χ0v) is 11.9. The summed E-state index contributed by atoms with van der Waals surface area (Å²) >= 11 is 5.97. The fourth-order valence-electron chi connectivity index (χ4n) is 2.34. The minimum atomic E-state index is -3.87. The molecule has 1 aliphatic rings. The molecule has 0 spiro atoms. The maximum absolute atomic E-state index is 12.6. The van der Waals surface area contributed by atoms with Crippen LogP contribution in [-0.4, -0.2) is 36.4 Å². The predicted molar refractivity (Wildman–Crippen MR) is 70.7 cm³/mol. The number of carboxylic acid groups (broad SMARTS) is 1. The van der Waals surface area contributed by atoms with Crippen LogP contribution in [0.25, 0.3) is 0 Å². The van der Waals surface area contributed by atoms with Gasteiger partial charge in [-0.1, -0.05) is 23.7 Å². The van der Waals surface area contributed by atoms with Gasteiger partial charge >= 0.3 is 5.97 Å². The second-order valence-electron chi connectivity index (χ2n) is 4.50. The van der Waals surface area contributed by atoms with Crippen LogP contribution in [0.5, 0.6) is 0 Å². The van der Waals surface area contributed by atoms with Crippen LogP contribution in [0.4, 0.5) is 0 Å². The summed E-state index contributed by atoms with van der Waals surface area (Å²) in [6, 6.07) is 3.80. The first-order valence-electron chi connectivity index (χ1n) is 5.85. The van der Waals surface area contributed by atoms with Crippen molar-refractivity contribution in [2.45, 2.75) is 30.7 Å². The van der Waals surface area contributed by atoms with E-state index in [-0.39, 0.29) is 16.5 Å². The van der Waals surface area contributed by atoms with Crippen molar-refractivity contribution in [2.75, 3.05) is 6.54 Å². The van der Waals surface area contributed by atoms with Gasteiger partial charge in [0.05, 0.1) is 5.02 Å². The van der Waals surface area contributed by atoms with Gasteiger partial charge in [0.1, 0.15) is 10.9 Å². The average Bonchev–Trinajstić information content (AvgIpc) is 2.77.